The van der Waals surface area contributed by atoms with Crippen LogP contribution in [0.15, 0.2) is 102 Å². The smallest absolute Gasteiger partial charge is 0.271 e. The summed E-state index contributed by atoms with van der Waals surface area (Å²) in [5, 5.41) is 7.22. The molecule has 2 N–H and O–H groups in total. The number of amides is 2. The van der Waals surface area contributed by atoms with E-state index in [1.54, 1.807) is 60.7 Å². The van der Waals surface area contributed by atoms with Crippen molar-refractivity contribution < 1.29 is 22.7 Å². The first-order chi connectivity index (χ1) is 20.1. The number of ether oxygens (including phenoxy) is 1. The second kappa shape index (κ2) is 13.8. The number of nitrogens with one attached hydrogen (secondary N) is 2. The monoisotopic (exact) mass is 604 g/mol. The van der Waals surface area contributed by atoms with Crippen LogP contribution in [0.3, 0.4) is 0 Å². The summed E-state index contributed by atoms with van der Waals surface area (Å²) in [6.07, 6.45) is 2.58. The molecule has 0 bridgehead atoms. The third kappa shape index (κ3) is 8.66. The maximum atomic E-state index is 12.6. The van der Waals surface area contributed by atoms with Crippen LogP contribution < -0.4 is 19.8 Å². The second-order valence-corrected chi connectivity index (χ2v) is 11.7. The SMILES string of the molecule is Cc1ccc(NC(=O)COc2ccc(/C=N\NC(=O)c3ccc(N(Cc4ccccc4Cl)S(C)(=O)=O)cc3)cc2)cc1. The number of hydrogen-bond donors (Lipinski definition) is 2. The van der Waals surface area contributed by atoms with Crippen LogP contribution >= 0.6 is 11.6 Å². The fourth-order valence-electron chi connectivity index (χ4n) is 3.82. The van der Waals surface area contributed by atoms with E-state index in [2.05, 4.69) is 15.8 Å². The average Bonchev–Trinajstić information content (AvgIpc) is 2.97. The summed E-state index contributed by atoms with van der Waals surface area (Å²) >= 11 is 6.22. The van der Waals surface area contributed by atoms with Crippen LogP contribution in [0, 0.1) is 6.92 Å². The van der Waals surface area contributed by atoms with Gasteiger partial charge in [0.1, 0.15) is 5.75 Å². The van der Waals surface area contributed by atoms with Crippen molar-refractivity contribution >= 4 is 51.0 Å². The van der Waals surface area contributed by atoms with Crippen molar-refractivity contribution in [3.05, 3.63) is 124 Å². The van der Waals surface area contributed by atoms with E-state index in [9.17, 15) is 18.0 Å². The minimum atomic E-state index is -3.61. The molecule has 0 aliphatic heterocycles. The first-order valence-electron chi connectivity index (χ1n) is 12.8. The van der Waals surface area contributed by atoms with E-state index in [4.69, 9.17) is 16.3 Å². The highest BCUT2D eigenvalue weighted by Gasteiger charge is 2.19. The van der Waals surface area contributed by atoms with E-state index in [1.807, 2.05) is 31.2 Å². The minimum absolute atomic E-state index is 0.0544. The average molecular weight is 605 g/mol. The molecule has 0 fully saturated rings. The van der Waals surface area contributed by atoms with Gasteiger partial charge in [0, 0.05) is 16.3 Å². The predicted octanol–water partition coefficient (Wildman–Crippen LogP) is 5.40. The predicted molar refractivity (Wildman–Crippen MR) is 166 cm³/mol. The van der Waals surface area contributed by atoms with Crippen molar-refractivity contribution in [3.63, 3.8) is 0 Å². The number of halogens is 1. The molecular weight excluding hydrogens is 576 g/mol. The van der Waals surface area contributed by atoms with E-state index in [1.165, 1.54) is 22.7 Å². The molecule has 216 valence electrons. The van der Waals surface area contributed by atoms with Crippen LogP contribution in [0.1, 0.15) is 27.0 Å². The minimum Gasteiger partial charge on any atom is -0.484 e. The van der Waals surface area contributed by atoms with Crippen LogP contribution in [0.25, 0.3) is 0 Å². The van der Waals surface area contributed by atoms with Gasteiger partial charge >= 0.3 is 0 Å². The van der Waals surface area contributed by atoms with Gasteiger partial charge in [-0.15, -0.1) is 0 Å². The third-order valence-corrected chi connectivity index (χ3v) is 7.56. The van der Waals surface area contributed by atoms with Gasteiger partial charge in [0.2, 0.25) is 10.0 Å². The number of hydrazone groups is 1. The number of hydrogen-bond acceptors (Lipinski definition) is 6. The van der Waals surface area contributed by atoms with Gasteiger partial charge in [0.25, 0.3) is 11.8 Å². The van der Waals surface area contributed by atoms with E-state index in [0.717, 1.165) is 11.8 Å². The highest BCUT2D eigenvalue weighted by atomic mass is 35.5. The Hall–Kier alpha value is -4.67. The normalized spacial score (nSPS) is 11.2. The Bertz CT molecular complexity index is 1670. The lowest BCUT2D eigenvalue weighted by molar-refractivity contribution is -0.118. The van der Waals surface area contributed by atoms with Crippen molar-refractivity contribution in [1.29, 1.82) is 0 Å². The van der Waals surface area contributed by atoms with E-state index >= 15 is 0 Å². The summed E-state index contributed by atoms with van der Waals surface area (Å²) in [6.45, 7) is 1.88. The molecule has 11 heteroatoms. The van der Waals surface area contributed by atoms with Crippen LogP contribution in [0.4, 0.5) is 11.4 Å². The van der Waals surface area contributed by atoms with Gasteiger partial charge in [0.15, 0.2) is 6.61 Å². The number of benzene rings is 4. The summed E-state index contributed by atoms with van der Waals surface area (Å²) in [5.41, 5.74) is 6.30. The van der Waals surface area contributed by atoms with Crippen LogP contribution in [-0.2, 0) is 21.4 Å². The number of rotatable bonds is 11. The van der Waals surface area contributed by atoms with Crippen LogP contribution in [0.2, 0.25) is 5.02 Å². The topological polar surface area (TPSA) is 117 Å². The molecule has 2 amide bonds. The second-order valence-electron chi connectivity index (χ2n) is 9.38. The Morgan fingerprint density at radius 2 is 1.60 bits per heavy atom. The zero-order valence-electron chi connectivity index (χ0n) is 23.0. The fourth-order valence-corrected chi connectivity index (χ4v) is 4.90. The van der Waals surface area contributed by atoms with Gasteiger partial charge in [-0.25, -0.2) is 13.8 Å². The highest BCUT2D eigenvalue weighted by molar-refractivity contribution is 7.92. The summed E-state index contributed by atoms with van der Waals surface area (Å²) in [6, 6.07) is 27.5. The molecule has 4 rings (SSSR count). The summed E-state index contributed by atoms with van der Waals surface area (Å²) < 4.78 is 31.7. The van der Waals surface area contributed by atoms with Gasteiger partial charge in [-0.05, 0) is 84.8 Å². The van der Waals surface area contributed by atoms with Gasteiger partial charge in [-0.1, -0.05) is 47.5 Å². The Kier molecular flexibility index (Phi) is 9.95. The quantitative estimate of drug-likeness (QED) is 0.176. The molecule has 0 aromatic heterocycles. The van der Waals surface area contributed by atoms with Crippen molar-refractivity contribution in [1.82, 2.24) is 5.43 Å². The lowest BCUT2D eigenvalue weighted by atomic mass is 10.2. The molecule has 42 heavy (non-hydrogen) atoms. The van der Waals surface area contributed by atoms with Crippen molar-refractivity contribution in [3.8, 4) is 5.75 Å². The molecule has 0 saturated heterocycles. The molecule has 0 heterocycles. The Morgan fingerprint density at radius 3 is 2.24 bits per heavy atom. The van der Waals surface area contributed by atoms with Crippen LogP contribution in [0.5, 0.6) is 5.75 Å². The summed E-state index contributed by atoms with van der Waals surface area (Å²) in [7, 11) is -3.61. The Balaban J connectivity index is 1.29. The van der Waals surface area contributed by atoms with Crippen LogP contribution in [-0.4, -0.2) is 39.3 Å². The summed E-state index contributed by atoms with van der Waals surface area (Å²) in [4.78, 5) is 24.7. The zero-order valence-corrected chi connectivity index (χ0v) is 24.5. The first kappa shape index (κ1) is 30.3. The number of nitrogens with zero attached hydrogens (tertiary/aromatic N) is 2. The third-order valence-electron chi connectivity index (χ3n) is 6.05. The van der Waals surface area contributed by atoms with E-state index in [0.29, 0.717) is 38.8 Å². The maximum Gasteiger partial charge on any atom is 0.271 e. The molecule has 0 unspecified atom stereocenters. The van der Waals surface area contributed by atoms with Gasteiger partial charge in [-0.3, -0.25) is 13.9 Å². The molecule has 4 aromatic rings. The van der Waals surface area contributed by atoms with Crippen molar-refractivity contribution in [2.75, 3.05) is 22.5 Å². The summed E-state index contributed by atoms with van der Waals surface area (Å²) in [5.74, 6) is -0.229. The standard InChI is InChI=1S/C31H29ClN4O5S/c1-22-7-13-26(14-8-22)34-30(37)21-41-28-17-9-23(10-18-28)19-33-35-31(38)24-11-15-27(16-12-24)36(42(2,39)40)20-25-5-3-4-6-29(25)32/h3-19H,20-21H2,1-2H3,(H,34,37)(H,35,38)/b33-19-. The molecule has 9 nitrogen and oxygen atoms in total. The van der Waals surface area contributed by atoms with Crippen molar-refractivity contribution in [2.45, 2.75) is 13.5 Å². The number of carbonyl (C=O) groups excluding carboxylic acids is 2. The highest BCUT2D eigenvalue weighted by Crippen LogP contribution is 2.24. The van der Waals surface area contributed by atoms with Gasteiger partial charge in [0.05, 0.1) is 24.7 Å². The molecule has 4 aromatic carbocycles. The molecule has 0 saturated carbocycles. The Labute approximate surface area is 249 Å². The molecule has 0 aliphatic carbocycles. The fraction of sp³-hybridized carbons (Fsp3) is 0.129. The van der Waals surface area contributed by atoms with Crippen molar-refractivity contribution in [2.24, 2.45) is 5.10 Å². The van der Waals surface area contributed by atoms with E-state index < -0.39 is 15.9 Å². The molecule has 0 spiro atoms. The Morgan fingerprint density at radius 1 is 0.929 bits per heavy atom. The largest absolute Gasteiger partial charge is 0.484 e. The lowest BCUT2D eigenvalue weighted by Crippen LogP contribution is -2.29. The molecular formula is C31H29ClN4O5S. The maximum absolute atomic E-state index is 12.6. The number of sulfonamides is 1. The van der Waals surface area contributed by atoms with E-state index in [-0.39, 0.29) is 19.1 Å². The molecule has 0 radical (unpaired) electrons. The van der Waals surface area contributed by atoms with Gasteiger partial charge in [-0.2, -0.15) is 5.10 Å². The molecule has 0 atom stereocenters. The molecule has 0 aliphatic rings. The number of carbonyl (C=O) groups is 2. The number of anilines is 2. The first-order valence-corrected chi connectivity index (χ1v) is 15.0. The van der Waals surface area contributed by atoms with Gasteiger partial charge < -0.3 is 10.1 Å². The zero-order chi connectivity index (χ0) is 30.1. The number of aryl methyl sites for hydroxylation is 1. The lowest BCUT2D eigenvalue weighted by Gasteiger charge is -2.23.